The Balaban J connectivity index is 2.36. The molecule has 0 saturated carbocycles. The molecule has 1 rings (SSSR count). The van der Waals surface area contributed by atoms with Crippen molar-refractivity contribution in [3.63, 3.8) is 0 Å². The third-order valence-corrected chi connectivity index (χ3v) is 2.60. The monoisotopic (exact) mass is 282 g/mol. The van der Waals surface area contributed by atoms with Crippen LogP contribution in [0, 0.1) is 0 Å². The lowest BCUT2D eigenvalue weighted by atomic mass is 9.98. The normalized spacial score (nSPS) is 10.9. The van der Waals surface area contributed by atoms with Gasteiger partial charge in [0.15, 0.2) is 5.76 Å². The standard InChI is InChI=1S/C13H18N2O5/c1-13(2,6-5-11(17)18)15-10(16)8-14-12(19)9-4-3-7-20-9/h3-4,7H,5-6,8H2,1-2H3,(H,14,19)(H,15,16)(H,17,18). The maximum absolute atomic E-state index is 11.7. The summed E-state index contributed by atoms with van der Waals surface area (Å²) in [5, 5.41) is 13.7. The van der Waals surface area contributed by atoms with E-state index in [4.69, 9.17) is 9.52 Å². The van der Waals surface area contributed by atoms with Crippen molar-refractivity contribution in [3.8, 4) is 0 Å². The fraction of sp³-hybridized carbons (Fsp3) is 0.462. The minimum absolute atomic E-state index is 0.0357. The van der Waals surface area contributed by atoms with Crippen molar-refractivity contribution in [2.24, 2.45) is 0 Å². The molecule has 0 unspecified atom stereocenters. The first kappa shape index (κ1) is 15.7. The molecular formula is C13H18N2O5. The number of furan rings is 1. The van der Waals surface area contributed by atoms with Gasteiger partial charge in [-0.3, -0.25) is 14.4 Å². The van der Waals surface area contributed by atoms with E-state index in [9.17, 15) is 14.4 Å². The van der Waals surface area contributed by atoms with Crippen LogP contribution in [0.3, 0.4) is 0 Å². The minimum Gasteiger partial charge on any atom is -0.481 e. The number of nitrogens with one attached hydrogen (secondary N) is 2. The van der Waals surface area contributed by atoms with E-state index in [-0.39, 0.29) is 24.6 Å². The third kappa shape index (κ3) is 5.55. The van der Waals surface area contributed by atoms with E-state index in [1.54, 1.807) is 19.9 Å². The molecule has 2 amide bonds. The number of carboxylic acids is 1. The lowest BCUT2D eigenvalue weighted by Gasteiger charge is -2.25. The van der Waals surface area contributed by atoms with Crippen LogP contribution in [0.5, 0.6) is 0 Å². The average Bonchev–Trinajstić information content (AvgIpc) is 2.87. The third-order valence-electron chi connectivity index (χ3n) is 2.60. The van der Waals surface area contributed by atoms with Gasteiger partial charge in [0.05, 0.1) is 12.8 Å². The Bertz CT molecular complexity index is 479. The molecular weight excluding hydrogens is 264 g/mol. The number of carboxylic acid groups (broad SMARTS) is 1. The predicted molar refractivity (Wildman–Crippen MR) is 70.1 cm³/mol. The molecule has 0 bridgehead atoms. The first-order chi connectivity index (χ1) is 9.30. The summed E-state index contributed by atoms with van der Waals surface area (Å²) in [6.45, 7) is 3.25. The summed E-state index contributed by atoms with van der Waals surface area (Å²) in [6, 6.07) is 3.06. The van der Waals surface area contributed by atoms with Gasteiger partial charge in [0.25, 0.3) is 5.91 Å². The van der Waals surface area contributed by atoms with Crippen molar-refractivity contribution >= 4 is 17.8 Å². The van der Waals surface area contributed by atoms with E-state index >= 15 is 0 Å². The largest absolute Gasteiger partial charge is 0.481 e. The Morgan fingerprint density at radius 2 is 2.05 bits per heavy atom. The number of rotatable bonds is 7. The van der Waals surface area contributed by atoms with Gasteiger partial charge in [-0.25, -0.2) is 0 Å². The van der Waals surface area contributed by atoms with Crippen LogP contribution in [0.2, 0.25) is 0 Å². The van der Waals surface area contributed by atoms with Crippen LogP contribution in [0.1, 0.15) is 37.2 Å². The topological polar surface area (TPSA) is 109 Å². The van der Waals surface area contributed by atoms with E-state index in [1.807, 2.05) is 0 Å². The summed E-state index contributed by atoms with van der Waals surface area (Å²) in [4.78, 5) is 33.7. The highest BCUT2D eigenvalue weighted by atomic mass is 16.4. The summed E-state index contributed by atoms with van der Waals surface area (Å²) in [5.41, 5.74) is -0.648. The van der Waals surface area contributed by atoms with Crippen LogP contribution < -0.4 is 10.6 Å². The molecule has 0 atom stereocenters. The van der Waals surface area contributed by atoms with E-state index in [1.165, 1.54) is 12.3 Å². The zero-order chi connectivity index (χ0) is 15.2. The smallest absolute Gasteiger partial charge is 0.303 e. The van der Waals surface area contributed by atoms with Crippen molar-refractivity contribution in [1.82, 2.24) is 10.6 Å². The van der Waals surface area contributed by atoms with Crippen LogP contribution in [0.25, 0.3) is 0 Å². The summed E-state index contributed by atoms with van der Waals surface area (Å²) >= 11 is 0. The first-order valence-corrected chi connectivity index (χ1v) is 6.15. The average molecular weight is 282 g/mol. The molecule has 0 saturated heterocycles. The van der Waals surface area contributed by atoms with Crippen molar-refractivity contribution < 1.29 is 23.9 Å². The van der Waals surface area contributed by atoms with Gasteiger partial charge in [-0.1, -0.05) is 0 Å². The molecule has 1 aromatic heterocycles. The van der Waals surface area contributed by atoms with Crippen molar-refractivity contribution in [2.75, 3.05) is 6.54 Å². The summed E-state index contributed by atoms with van der Waals surface area (Å²) in [7, 11) is 0. The molecule has 1 aromatic rings. The summed E-state index contributed by atoms with van der Waals surface area (Å²) < 4.78 is 4.88. The fourth-order valence-corrected chi connectivity index (χ4v) is 1.56. The molecule has 0 aliphatic heterocycles. The van der Waals surface area contributed by atoms with E-state index < -0.39 is 17.4 Å². The maximum Gasteiger partial charge on any atom is 0.303 e. The number of aliphatic carboxylic acids is 1. The molecule has 7 nitrogen and oxygen atoms in total. The zero-order valence-electron chi connectivity index (χ0n) is 11.4. The van der Waals surface area contributed by atoms with E-state index in [0.29, 0.717) is 6.42 Å². The van der Waals surface area contributed by atoms with Gasteiger partial charge in [0.2, 0.25) is 5.91 Å². The second-order valence-electron chi connectivity index (χ2n) is 4.99. The highest BCUT2D eigenvalue weighted by Gasteiger charge is 2.21. The second kappa shape index (κ2) is 6.74. The van der Waals surface area contributed by atoms with E-state index in [2.05, 4.69) is 10.6 Å². The van der Waals surface area contributed by atoms with Crippen LogP contribution in [-0.4, -0.2) is 35.0 Å². The number of hydrogen-bond donors (Lipinski definition) is 3. The number of hydrogen-bond acceptors (Lipinski definition) is 4. The molecule has 0 aliphatic carbocycles. The highest BCUT2D eigenvalue weighted by molar-refractivity contribution is 5.94. The molecule has 1 heterocycles. The lowest BCUT2D eigenvalue weighted by Crippen LogP contribution is -2.47. The Kier molecular flexibility index (Phi) is 5.31. The highest BCUT2D eigenvalue weighted by Crippen LogP contribution is 2.10. The summed E-state index contributed by atoms with van der Waals surface area (Å²) in [5.74, 6) is -1.66. The Labute approximate surface area is 116 Å². The van der Waals surface area contributed by atoms with Gasteiger partial charge >= 0.3 is 5.97 Å². The summed E-state index contributed by atoms with van der Waals surface area (Å²) in [6.07, 6.45) is 1.64. The second-order valence-corrected chi connectivity index (χ2v) is 4.99. The number of carbonyl (C=O) groups excluding carboxylic acids is 2. The number of carbonyl (C=O) groups is 3. The van der Waals surface area contributed by atoms with Crippen LogP contribution in [-0.2, 0) is 9.59 Å². The van der Waals surface area contributed by atoms with Crippen molar-refractivity contribution in [3.05, 3.63) is 24.2 Å². The maximum atomic E-state index is 11.7. The minimum atomic E-state index is -0.918. The van der Waals surface area contributed by atoms with Crippen molar-refractivity contribution in [2.45, 2.75) is 32.2 Å². The SMILES string of the molecule is CC(C)(CCC(=O)O)NC(=O)CNC(=O)c1ccco1. The fourth-order valence-electron chi connectivity index (χ4n) is 1.56. The van der Waals surface area contributed by atoms with Gasteiger partial charge in [0.1, 0.15) is 0 Å². The van der Waals surface area contributed by atoms with E-state index in [0.717, 1.165) is 0 Å². The van der Waals surface area contributed by atoms with Gasteiger partial charge < -0.3 is 20.2 Å². The van der Waals surface area contributed by atoms with Gasteiger partial charge in [-0.05, 0) is 32.4 Å². The predicted octanol–water partition coefficient (Wildman–Crippen LogP) is 0.769. The quantitative estimate of drug-likeness (QED) is 0.684. The van der Waals surface area contributed by atoms with Crippen LogP contribution in [0.4, 0.5) is 0 Å². The van der Waals surface area contributed by atoms with Gasteiger partial charge in [-0.2, -0.15) is 0 Å². The molecule has 3 N–H and O–H groups in total. The first-order valence-electron chi connectivity index (χ1n) is 6.15. The van der Waals surface area contributed by atoms with Gasteiger partial charge in [-0.15, -0.1) is 0 Å². The molecule has 7 heteroatoms. The molecule has 110 valence electrons. The molecule has 0 radical (unpaired) electrons. The van der Waals surface area contributed by atoms with Crippen molar-refractivity contribution in [1.29, 1.82) is 0 Å². The Hall–Kier alpha value is -2.31. The lowest BCUT2D eigenvalue weighted by molar-refractivity contribution is -0.137. The van der Waals surface area contributed by atoms with Gasteiger partial charge in [0, 0.05) is 12.0 Å². The number of amides is 2. The zero-order valence-corrected chi connectivity index (χ0v) is 11.4. The van der Waals surface area contributed by atoms with Crippen LogP contribution >= 0.6 is 0 Å². The molecule has 0 spiro atoms. The van der Waals surface area contributed by atoms with Crippen LogP contribution in [0.15, 0.2) is 22.8 Å². The Morgan fingerprint density at radius 3 is 2.60 bits per heavy atom. The molecule has 20 heavy (non-hydrogen) atoms. The molecule has 0 aromatic carbocycles. The Morgan fingerprint density at radius 1 is 1.35 bits per heavy atom. The molecule has 0 fully saturated rings. The molecule has 0 aliphatic rings.